The summed E-state index contributed by atoms with van der Waals surface area (Å²) in [5, 5.41) is 6.93. The molecule has 1 heterocycles. The van der Waals surface area contributed by atoms with Crippen LogP contribution in [-0.2, 0) is 0 Å². The van der Waals surface area contributed by atoms with Crippen LogP contribution in [0.1, 0.15) is 17.3 Å². The van der Waals surface area contributed by atoms with Crippen LogP contribution >= 0.6 is 11.5 Å². The Balaban J connectivity index is 2.62. The molecule has 0 aromatic carbocycles. The van der Waals surface area contributed by atoms with Crippen molar-refractivity contribution >= 4 is 11.5 Å². The van der Waals surface area contributed by atoms with Crippen LogP contribution in [0.5, 0.6) is 0 Å². The molecule has 0 saturated carbocycles. The maximum atomic E-state index is 3.79. The van der Waals surface area contributed by atoms with Crippen molar-refractivity contribution in [1.82, 2.24) is 14.9 Å². The number of nitrogens with one attached hydrogen (secondary N) is 1. The van der Waals surface area contributed by atoms with Crippen molar-refractivity contribution in [2.24, 2.45) is 0 Å². The van der Waals surface area contributed by atoms with Crippen LogP contribution in [0.25, 0.3) is 0 Å². The van der Waals surface area contributed by atoms with Gasteiger partial charge in [-0.15, -0.1) is 11.7 Å². The van der Waals surface area contributed by atoms with Crippen LogP contribution < -0.4 is 5.32 Å². The molecular weight excluding hydrogens is 158 g/mol. The summed E-state index contributed by atoms with van der Waals surface area (Å²) < 4.78 is 3.79. The van der Waals surface area contributed by atoms with Crippen molar-refractivity contribution in [3.63, 3.8) is 0 Å². The quantitative estimate of drug-likeness (QED) is 0.692. The summed E-state index contributed by atoms with van der Waals surface area (Å²) in [6.07, 6.45) is 4.59. The van der Waals surface area contributed by atoms with Crippen LogP contribution in [0.3, 0.4) is 0 Å². The standard InChI is InChI=1S/C7H11N3S/c1-3-4-6(8-2)7-5-9-10-11-7/h3,5-6,8H,1,4H2,2H3. The van der Waals surface area contributed by atoms with Gasteiger partial charge in [-0.25, -0.2) is 0 Å². The number of hydrogen-bond acceptors (Lipinski definition) is 4. The number of aromatic nitrogens is 2. The molecule has 0 aliphatic rings. The summed E-state index contributed by atoms with van der Waals surface area (Å²) in [6.45, 7) is 3.68. The van der Waals surface area contributed by atoms with Gasteiger partial charge in [-0.2, -0.15) is 0 Å². The van der Waals surface area contributed by atoms with E-state index in [9.17, 15) is 0 Å². The van der Waals surface area contributed by atoms with E-state index in [-0.39, 0.29) is 0 Å². The van der Waals surface area contributed by atoms with Gasteiger partial charge in [0.25, 0.3) is 0 Å². The Morgan fingerprint density at radius 2 is 2.73 bits per heavy atom. The molecule has 1 N–H and O–H groups in total. The average molecular weight is 169 g/mol. The first-order chi connectivity index (χ1) is 5.38. The molecule has 0 radical (unpaired) electrons. The Hall–Kier alpha value is -0.740. The van der Waals surface area contributed by atoms with Gasteiger partial charge in [-0.05, 0) is 25.0 Å². The van der Waals surface area contributed by atoms with Gasteiger partial charge in [-0.3, -0.25) is 0 Å². The highest BCUT2D eigenvalue weighted by Gasteiger charge is 2.08. The van der Waals surface area contributed by atoms with Gasteiger partial charge in [0.05, 0.1) is 11.1 Å². The van der Waals surface area contributed by atoms with Crippen LogP contribution in [0.15, 0.2) is 18.9 Å². The van der Waals surface area contributed by atoms with Crippen molar-refractivity contribution in [3.05, 3.63) is 23.7 Å². The van der Waals surface area contributed by atoms with Crippen molar-refractivity contribution in [2.45, 2.75) is 12.5 Å². The van der Waals surface area contributed by atoms with Crippen molar-refractivity contribution in [1.29, 1.82) is 0 Å². The molecule has 0 amide bonds. The van der Waals surface area contributed by atoms with Gasteiger partial charge in [-0.1, -0.05) is 10.6 Å². The Morgan fingerprint density at radius 3 is 3.18 bits per heavy atom. The zero-order valence-electron chi connectivity index (χ0n) is 6.45. The second-order valence-corrected chi connectivity index (χ2v) is 3.00. The summed E-state index contributed by atoms with van der Waals surface area (Å²) in [7, 11) is 1.92. The van der Waals surface area contributed by atoms with E-state index in [1.165, 1.54) is 11.5 Å². The minimum Gasteiger partial charge on any atom is -0.312 e. The van der Waals surface area contributed by atoms with E-state index in [2.05, 4.69) is 21.5 Å². The first-order valence-corrected chi connectivity index (χ1v) is 4.21. The third kappa shape index (κ3) is 2.10. The molecule has 11 heavy (non-hydrogen) atoms. The van der Waals surface area contributed by atoms with E-state index >= 15 is 0 Å². The Bertz CT molecular complexity index is 207. The summed E-state index contributed by atoms with van der Waals surface area (Å²) in [5.74, 6) is 0. The summed E-state index contributed by atoms with van der Waals surface area (Å²) >= 11 is 1.42. The predicted octanol–water partition coefficient (Wildman–Crippen LogP) is 1.37. The fourth-order valence-electron chi connectivity index (χ4n) is 0.871. The van der Waals surface area contributed by atoms with E-state index < -0.39 is 0 Å². The van der Waals surface area contributed by atoms with Gasteiger partial charge in [0.15, 0.2) is 0 Å². The zero-order chi connectivity index (χ0) is 8.10. The minimum absolute atomic E-state index is 0.326. The average Bonchev–Trinajstić information content (AvgIpc) is 2.52. The summed E-state index contributed by atoms with van der Waals surface area (Å²) in [4.78, 5) is 1.16. The summed E-state index contributed by atoms with van der Waals surface area (Å²) in [6, 6.07) is 0.326. The molecule has 0 fully saturated rings. The van der Waals surface area contributed by atoms with E-state index in [0.717, 1.165) is 11.3 Å². The third-order valence-electron chi connectivity index (χ3n) is 1.47. The van der Waals surface area contributed by atoms with Crippen molar-refractivity contribution < 1.29 is 0 Å². The third-order valence-corrected chi connectivity index (χ3v) is 2.25. The molecule has 0 bridgehead atoms. The maximum Gasteiger partial charge on any atom is 0.0669 e. The monoisotopic (exact) mass is 169 g/mol. The lowest BCUT2D eigenvalue weighted by atomic mass is 10.2. The van der Waals surface area contributed by atoms with Crippen molar-refractivity contribution in [2.75, 3.05) is 7.05 Å². The van der Waals surface area contributed by atoms with Crippen LogP contribution in [0, 0.1) is 0 Å². The van der Waals surface area contributed by atoms with E-state index in [0.29, 0.717) is 6.04 Å². The molecule has 0 aliphatic carbocycles. The number of nitrogens with zero attached hydrogens (tertiary/aromatic N) is 2. The van der Waals surface area contributed by atoms with E-state index in [1.807, 2.05) is 13.1 Å². The van der Waals surface area contributed by atoms with Crippen LogP contribution in [-0.4, -0.2) is 16.6 Å². The molecule has 4 heteroatoms. The van der Waals surface area contributed by atoms with Gasteiger partial charge < -0.3 is 5.32 Å². The van der Waals surface area contributed by atoms with Gasteiger partial charge in [0.2, 0.25) is 0 Å². The predicted molar refractivity (Wildman–Crippen MR) is 46.5 cm³/mol. The fraction of sp³-hybridized carbons (Fsp3) is 0.429. The van der Waals surface area contributed by atoms with Crippen LogP contribution in [0.4, 0.5) is 0 Å². The normalized spacial score (nSPS) is 12.8. The molecule has 60 valence electrons. The molecule has 0 aliphatic heterocycles. The van der Waals surface area contributed by atoms with E-state index in [4.69, 9.17) is 0 Å². The minimum atomic E-state index is 0.326. The molecule has 1 aromatic rings. The second kappa shape index (κ2) is 4.20. The molecule has 0 saturated heterocycles. The smallest absolute Gasteiger partial charge is 0.0669 e. The fourth-order valence-corrected chi connectivity index (χ4v) is 1.50. The Kier molecular flexibility index (Phi) is 3.19. The first-order valence-electron chi connectivity index (χ1n) is 3.44. The largest absolute Gasteiger partial charge is 0.312 e. The molecule has 3 nitrogen and oxygen atoms in total. The van der Waals surface area contributed by atoms with Gasteiger partial charge in [0, 0.05) is 6.04 Å². The van der Waals surface area contributed by atoms with Crippen molar-refractivity contribution in [3.8, 4) is 0 Å². The van der Waals surface area contributed by atoms with Gasteiger partial charge >= 0.3 is 0 Å². The van der Waals surface area contributed by atoms with Crippen LogP contribution in [0.2, 0.25) is 0 Å². The topological polar surface area (TPSA) is 37.8 Å². The lowest BCUT2D eigenvalue weighted by Crippen LogP contribution is -2.13. The molecule has 1 atom stereocenters. The number of rotatable bonds is 4. The molecule has 1 unspecified atom stereocenters. The second-order valence-electron chi connectivity index (χ2n) is 2.19. The highest BCUT2D eigenvalue weighted by molar-refractivity contribution is 7.05. The maximum absolute atomic E-state index is 3.79. The Morgan fingerprint density at radius 1 is 1.91 bits per heavy atom. The molecule has 1 rings (SSSR count). The number of hydrogen-bond donors (Lipinski definition) is 1. The molecule has 1 aromatic heterocycles. The lowest BCUT2D eigenvalue weighted by molar-refractivity contribution is 0.613. The highest BCUT2D eigenvalue weighted by Crippen LogP contribution is 2.17. The van der Waals surface area contributed by atoms with E-state index in [1.54, 1.807) is 6.20 Å². The first kappa shape index (κ1) is 8.36. The lowest BCUT2D eigenvalue weighted by Gasteiger charge is -2.09. The van der Waals surface area contributed by atoms with Gasteiger partial charge in [0.1, 0.15) is 0 Å². The highest BCUT2D eigenvalue weighted by atomic mass is 32.1. The molecule has 0 spiro atoms. The summed E-state index contributed by atoms with van der Waals surface area (Å²) in [5.41, 5.74) is 0. The zero-order valence-corrected chi connectivity index (χ0v) is 7.27. The molecular formula is C7H11N3S. The SMILES string of the molecule is C=CCC(NC)c1cnns1. The Labute approximate surface area is 70.3 Å².